The van der Waals surface area contributed by atoms with E-state index in [-0.39, 0.29) is 17.7 Å². The van der Waals surface area contributed by atoms with E-state index < -0.39 is 0 Å². The number of thiophene rings is 1. The lowest BCUT2D eigenvalue weighted by molar-refractivity contribution is -0.135. The molecule has 0 aromatic carbocycles. The van der Waals surface area contributed by atoms with E-state index in [9.17, 15) is 9.59 Å². The lowest BCUT2D eigenvalue weighted by Crippen LogP contribution is -2.42. The third kappa shape index (κ3) is 5.39. The molecule has 2 amide bonds. The Morgan fingerprint density at radius 2 is 2.08 bits per heavy atom. The fourth-order valence-electron chi connectivity index (χ4n) is 3.25. The summed E-state index contributed by atoms with van der Waals surface area (Å²) in [5.74, 6) is 0.302. The summed E-state index contributed by atoms with van der Waals surface area (Å²) in [5, 5.41) is 5.05. The third-order valence-corrected chi connectivity index (χ3v) is 5.74. The van der Waals surface area contributed by atoms with Crippen molar-refractivity contribution in [1.82, 2.24) is 15.2 Å². The maximum atomic E-state index is 12.3. The zero-order valence-electron chi connectivity index (χ0n) is 14.9. The van der Waals surface area contributed by atoms with Crippen LogP contribution in [0.1, 0.15) is 36.1 Å². The van der Waals surface area contributed by atoms with Crippen LogP contribution in [-0.4, -0.2) is 34.8 Å². The van der Waals surface area contributed by atoms with Gasteiger partial charge in [0.25, 0.3) is 0 Å². The highest BCUT2D eigenvalue weighted by molar-refractivity contribution is 7.09. The van der Waals surface area contributed by atoms with Crippen molar-refractivity contribution in [2.24, 2.45) is 5.92 Å². The molecule has 0 unspecified atom stereocenters. The average Bonchev–Trinajstić information content (AvgIpc) is 3.20. The van der Waals surface area contributed by atoms with Gasteiger partial charge in [0.1, 0.15) is 0 Å². The Labute approximate surface area is 158 Å². The normalized spacial score (nSPS) is 15.0. The van der Waals surface area contributed by atoms with Crippen molar-refractivity contribution in [3.63, 3.8) is 0 Å². The minimum atomic E-state index is 0.00170. The summed E-state index contributed by atoms with van der Waals surface area (Å²) >= 11 is 1.74. The van der Waals surface area contributed by atoms with E-state index in [0.29, 0.717) is 26.1 Å². The Hall–Kier alpha value is -2.21. The van der Waals surface area contributed by atoms with Crippen molar-refractivity contribution in [3.05, 3.63) is 52.5 Å². The average molecular weight is 372 g/mol. The van der Waals surface area contributed by atoms with Crippen LogP contribution in [0.25, 0.3) is 0 Å². The van der Waals surface area contributed by atoms with Crippen LogP contribution in [0.3, 0.4) is 0 Å². The molecule has 0 atom stereocenters. The summed E-state index contributed by atoms with van der Waals surface area (Å²) < 4.78 is 0. The molecule has 2 aromatic rings. The second kappa shape index (κ2) is 9.48. The maximum absolute atomic E-state index is 12.3. The van der Waals surface area contributed by atoms with Crippen molar-refractivity contribution < 1.29 is 9.59 Å². The van der Waals surface area contributed by atoms with E-state index in [2.05, 4.69) is 21.7 Å². The summed E-state index contributed by atoms with van der Waals surface area (Å²) in [6.45, 7) is 1.88. The topological polar surface area (TPSA) is 62.3 Å². The fraction of sp³-hybridized carbons (Fsp3) is 0.450. The lowest BCUT2D eigenvalue weighted by Gasteiger charge is -2.31. The molecular formula is C20H25N3O2S. The van der Waals surface area contributed by atoms with Gasteiger partial charge < -0.3 is 10.2 Å². The molecule has 0 radical (unpaired) electrons. The highest BCUT2D eigenvalue weighted by atomic mass is 32.1. The minimum absolute atomic E-state index is 0.00170. The summed E-state index contributed by atoms with van der Waals surface area (Å²) in [5.41, 5.74) is 0.999. The van der Waals surface area contributed by atoms with Crippen LogP contribution in [-0.2, 0) is 22.6 Å². The molecule has 3 heterocycles. The Bertz CT molecular complexity index is 695. The van der Waals surface area contributed by atoms with Gasteiger partial charge in [0.05, 0.1) is 0 Å². The van der Waals surface area contributed by atoms with Gasteiger partial charge in [-0.05, 0) is 48.8 Å². The molecule has 0 spiro atoms. The molecule has 1 fully saturated rings. The zero-order valence-corrected chi connectivity index (χ0v) is 15.7. The number of pyridine rings is 1. The molecule has 0 saturated carbocycles. The molecule has 1 N–H and O–H groups in total. The van der Waals surface area contributed by atoms with Gasteiger partial charge >= 0.3 is 0 Å². The third-order valence-electron chi connectivity index (χ3n) is 4.80. The Kier molecular flexibility index (Phi) is 6.77. The van der Waals surface area contributed by atoms with E-state index in [1.165, 1.54) is 4.88 Å². The minimum Gasteiger partial charge on any atom is -0.352 e. The van der Waals surface area contributed by atoms with Gasteiger partial charge in [-0.3, -0.25) is 14.6 Å². The number of nitrogens with one attached hydrogen (secondary N) is 1. The fourth-order valence-corrected chi connectivity index (χ4v) is 4.01. The molecule has 1 aliphatic heterocycles. The largest absolute Gasteiger partial charge is 0.352 e. The van der Waals surface area contributed by atoms with Gasteiger partial charge in [-0.1, -0.05) is 12.1 Å². The van der Waals surface area contributed by atoms with Crippen LogP contribution >= 0.6 is 11.3 Å². The van der Waals surface area contributed by atoms with Crippen LogP contribution in [0.4, 0.5) is 0 Å². The van der Waals surface area contributed by atoms with E-state index in [0.717, 1.165) is 31.2 Å². The molecule has 26 heavy (non-hydrogen) atoms. The second-order valence-electron chi connectivity index (χ2n) is 6.67. The quantitative estimate of drug-likeness (QED) is 0.814. The highest BCUT2D eigenvalue weighted by Gasteiger charge is 2.26. The molecule has 6 heteroatoms. The smallest absolute Gasteiger partial charge is 0.223 e. The number of carbonyl (C=O) groups is 2. The molecule has 0 bridgehead atoms. The van der Waals surface area contributed by atoms with E-state index in [4.69, 9.17) is 0 Å². The Balaban J connectivity index is 1.35. The molecule has 3 rings (SSSR count). The van der Waals surface area contributed by atoms with Crippen LogP contribution in [0.15, 0.2) is 42.0 Å². The van der Waals surface area contributed by atoms with Crippen LogP contribution in [0, 0.1) is 5.92 Å². The number of amides is 2. The predicted molar refractivity (Wildman–Crippen MR) is 103 cm³/mol. The summed E-state index contributed by atoms with van der Waals surface area (Å²) in [7, 11) is 0. The number of piperidine rings is 1. The summed E-state index contributed by atoms with van der Waals surface area (Å²) in [4.78, 5) is 32.0. The first-order valence-electron chi connectivity index (χ1n) is 9.19. The number of aromatic nitrogens is 1. The Morgan fingerprint density at radius 1 is 1.23 bits per heavy atom. The van der Waals surface area contributed by atoms with Gasteiger partial charge in [-0.15, -0.1) is 11.3 Å². The molecule has 0 aliphatic carbocycles. The zero-order chi connectivity index (χ0) is 18.2. The first-order chi connectivity index (χ1) is 12.7. The first kappa shape index (κ1) is 18.6. The number of hydrogen-bond acceptors (Lipinski definition) is 4. The summed E-state index contributed by atoms with van der Waals surface area (Å²) in [6.07, 6.45) is 7.43. The molecule has 5 nitrogen and oxygen atoms in total. The van der Waals surface area contributed by atoms with Crippen molar-refractivity contribution >= 4 is 23.2 Å². The number of hydrogen-bond donors (Lipinski definition) is 1. The van der Waals surface area contributed by atoms with Crippen molar-refractivity contribution in [2.75, 3.05) is 13.1 Å². The standard InChI is InChI=1S/C20H25N3O2S/c24-19(7-1-5-18-6-3-13-26-18)23-11-8-17(9-12-23)20(25)22-15-16-4-2-10-21-14-16/h2-4,6,10,13-14,17H,1,5,7-9,11-12,15H2,(H,22,25). The van der Waals surface area contributed by atoms with Gasteiger partial charge in [0.2, 0.25) is 11.8 Å². The predicted octanol–water partition coefficient (Wildman–Crippen LogP) is 3.02. The monoisotopic (exact) mass is 371 g/mol. The van der Waals surface area contributed by atoms with Crippen LogP contribution in [0.2, 0.25) is 0 Å². The van der Waals surface area contributed by atoms with Crippen LogP contribution < -0.4 is 5.32 Å². The van der Waals surface area contributed by atoms with Gasteiger partial charge in [0.15, 0.2) is 0 Å². The lowest BCUT2D eigenvalue weighted by atomic mass is 9.95. The van der Waals surface area contributed by atoms with Crippen molar-refractivity contribution in [3.8, 4) is 0 Å². The Morgan fingerprint density at radius 3 is 2.77 bits per heavy atom. The maximum Gasteiger partial charge on any atom is 0.223 e. The molecule has 138 valence electrons. The molecular weight excluding hydrogens is 346 g/mol. The number of rotatable bonds is 7. The van der Waals surface area contributed by atoms with E-state index >= 15 is 0 Å². The summed E-state index contributed by atoms with van der Waals surface area (Å²) in [6, 6.07) is 7.98. The number of nitrogens with zero attached hydrogens (tertiary/aromatic N) is 2. The molecule has 2 aromatic heterocycles. The van der Waals surface area contributed by atoms with E-state index in [1.54, 1.807) is 23.7 Å². The molecule has 1 saturated heterocycles. The number of aryl methyl sites for hydroxylation is 1. The highest BCUT2D eigenvalue weighted by Crippen LogP contribution is 2.19. The van der Waals surface area contributed by atoms with Crippen molar-refractivity contribution in [2.45, 2.75) is 38.6 Å². The number of likely N-dealkylation sites (tertiary alicyclic amines) is 1. The molecule has 1 aliphatic rings. The first-order valence-corrected chi connectivity index (χ1v) is 10.1. The van der Waals surface area contributed by atoms with Gasteiger partial charge in [-0.25, -0.2) is 0 Å². The van der Waals surface area contributed by atoms with E-state index in [1.807, 2.05) is 23.1 Å². The number of carbonyl (C=O) groups excluding carboxylic acids is 2. The second-order valence-corrected chi connectivity index (χ2v) is 7.70. The van der Waals surface area contributed by atoms with Gasteiger partial charge in [-0.2, -0.15) is 0 Å². The van der Waals surface area contributed by atoms with Gasteiger partial charge in [0, 0.05) is 49.2 Å². The van der Waals surface area contributed by atoms with Crippen molar-refractivity contribution in [1.29, 1.82) is 0 Å². The SMILES string of the molecule is O=C(NCc1cccnc1)C1CCN(C(=O)CCCc2cccs2)CC1. The van der Waals surface area contributed by atoms with Crippen LogP contribution in [0.5, 0.6) is 0 Å².